The van der Waals surface area contributed by atoms with Crippen LogP contribution >= 0.6 is 0 Å². The number of ether oxygens (including phenoxy) is 1. The summed E-state index contributed by atoms with van der Waals surface area (Å²) in [7, 11) is 0. The van der Waals surface area contributed by atoms with Crippen molar-refractivity contribution < 1.29 is 14.6 Å². The molecule has 0 radical (unpaired) electrons. The Bertz CT molecular complexity index is 295. The van der Waals surface area contributed by atoms with E-state index in [0.29, 0.717) is 25.0 Å². The van der Waals surface area contributed by atoms with E-state index in [1.165, 1.54) is 25.7 Å². The minimum atomic E-state index is -0.701. The fourth-order valence-corrected chi connectivity index (χ4v) is 3.61. The van der Waals surface area contributed by atoms with Crippen LogP contribution in [0.2, 0.25) is 0 Å². The lowest BCUT2D eigenvalue weighted by Crippen LogP contribution is -2.67. The summed E-state index contributed by atoms with van der Waals surface area (Å²) < 4.78 is 5.31. The van der Waals surface area contributed by atoms with Gasteiger partial charge in [-0.15, -0.1) is 0 Å². The highest BCUT2D eigenvalue weighted by molar-refractivity contribution is 5.79. The molecule has 3 rings (SSSR count). The minimum Gasteiger partial charge on any atom is -0.480 e. The number of likely N-dealkylation sites (tertiary alicyclic amines) is 1. The van der Waals surface area contributed by atoms with Gasteiger partial charge in [0.1, 0.15) is 5.54 Å². The Kier molecular flexibility index (Phi) is 2.27. The van der Waals surface area contributed by atoms with E-state index in [1.54, 1.807) is 0 Å². The molecule has 0 aromatic heterocycles. The highest BCUT2D eigenvalue weighted by Gasteiger charge is 2.57. The summed E-state index contributed by atoms with van der Waals surface area (Å²) in [6.07, 6.45) is 5.88. The summed E-state index contributed by atoms with van der Waals surface area (Å²) >= 11 is 0. The van der Waals surface area contributed by atoms with Gasteiger partial charge in [0.25, 0.3) is 0 Å². The number of aliphatic carboxylic acids is 1. The largest absolute Gasteiger partial charge is 0.480 e. The molecule has 2 aliphatic heterocycles. The Labute approximate surface area is 95.6 Å². The minimum absolute atomic E-state index is 0.373. The van der Waals surface area contributed by atoms with Crippen molar-refractivity contribution in [2.45, 2.75) is 37.6 Å². The molecule has 4 nitrogen and oxygen atoms in total. The third-order valence-electron chi connectivity index (χ3n) is 4.72. The lowest BCUT2D eigenvalue weighted by Gasteiger charge is -2.54. The number of hydrogen-bond acceptors (Lipinski definition) is 3. The third-order valence-corrected chi connectivity index (χ3v) is 4.72. The molecule has 3 aliphatic rings. The molecule has 0 aromatic rings. The maximum absolute atomic E-state index is 11.4. The van der Waals surface area contributed by atoms with Crippen LogP contribution in [-0.2, 0) is 9.53 Å². The second-order valence-electron chi connectivity index (χ2n) is 5.70. The van der Waals surface area contributed by atoms with Crippen LogP contribution in [0.4, 0.5) is 0 Å². The van der Waals surface area contributed by atoms with Crippen LogP contribution < -0.4 is 0 Å². The van der Waals surface area contributed by atoms with Crippen LogP contribution in [0.3, 0.4) is 0 Å². The number of carboxylic acid groups (broad SMARTS) is 1. The van der Waals surface area contributed by atoms with Crippen LogP contribution in [0, 0.1) is 5.41 Å². The van der Waals surface area contributed by atoms with Gasteiger partial charge >= 0.3 is 5.97 Å². The zero-order valence-electron chi connectivity index (χ0n) is 9.57. The van der Waals surface area contributed by atoms with Gasteiger partial charge in [0, 0.05) is 26.1 Å². The average molecular weight is 225 g/mol. The van der Waals surface area contributed by atoms with E-state index in [1.807, 2.05) is 0 Å². The predicted octanol–water partition coefficient (Wildman–Crippen LogP) is 1.11. The van der Waals surface area contributed by atoms with Gasteiger partial charge in [-0.2, -0.15) is 0 Å². The van der Waals surface area contributed by atoms with E-state index >= 15 is 0 Å². The van der Waals surface area contributed by atoms with Crippen LogP contribution in [0.25, 0.3) is 0 Å². The molecule has 1 N–H and O–H groups in total. The molecular weight excluding hydrogens is 206 g/mol. The van der Waals surface area contributed by atoms with E-state index in [2.05, 4.69) is 4.90 Å². The van der Waals surface area contributed by atoms with Gasteiger partial charge in [0.15, 0.2) is 0 Å². The highest BCUT2D eigenvalue weighted by Crippen LogP contribution is 2.49. The number of hydrogen-bond donors (Lipinski definition) is 1. The zero-order chi connectivity index (χ0) is 11.2. The van der Waals surface area contributed by atoms with Gasteiger partial charge in [-0.3, -0.25) is 9.69 Å². The standard InChI is InChI=1S/C12H19NO3/c14-10(15)12(5-6-16-9-12)13-7-11(8-13)3-1-2-4-11/h1-9H2,(H,14,15). The Morgan fingerprint density at radius 2 is 1.88 bits per heavy atom. The van der Waals surface area contributed by atoms with Crippen molar-refractivity contribution in [3.8, 4) is 0 Å². The number of rotatable bonds is 2. The second kappa shape index (κ2) is 3.44. The maximum Gasteiger partial charge on any atom is 0.326 e. The molecule has 4 heteroatoms. The summed E-state index contributed by atoms with van der Waals surface area (Å²) in [4.78, 5) is 13.6. The van der Waals surface area contributed by atoms with Crippen molar-refractivity contribution in [2.24, 2.45) is 5.41 Å². The summed E-state index contributed by atoms with van der Waals surface area (Å²) in [6.45, 7) is 2.92. The topological polar surface area (TPSA) is 49.8 Å². The molecule has 0 aromatic carbocycles. The average Bonchev–Trinajstić information content (AvgIpc) is 2.85. The van der Waals surface area contributed by atoms with Crippen LogP contribution in [-0.4, -0.2) is 47.8 Å². The normalized spacial score (nSPS) is 37.8. The maximum atomic E-state index is 11.4. The first-order valence-electron chi connectivity index (χ1n) is 6.23. The molecule has 0 amide bonds. The molecule has 1 unspecified atom stereocenters. The molecule has 2 heterocycles. The molecule has 3 fully saturated rings. The van der Waals surface area contributed by atoms with Crippen molar-refractivity contribution in [3.63, 3.8) is 0 Å². The molecule has 16 heavy (non-hydrogen) atoms. The van der Waals surface area contributed by atoms with E-state index in [-0.39, 0.29) is 0 Å². The van der Waals surface area contributed by atoms with E-state index in [4.69, 9.17) is 4.74 Å². The predicted molar refractivity (Wildman–Crippen MR) is 58.3 cm³/mol. The molecule has 0 bridgehead atoms. The van der Waals surface area contributed by atoms with Crippen molar-refractivity contribution >= 4 is 5.97 Å². The fourth-order valence-electron chi connectivity index (χ4n) is 3.61. The summed E-state index contributed by atoms with van der Waals surface area (Å²) in [6, 6.07) is 0. The molecule has 1 aliphatic carbocycles. The molecule has 90 valence electrons. The van der Waals surface area contributed by atoms with Gasteiger partial charge in [-0.25, -0.2) is 0 Å². The zero-order valence-corrected chi connectivity index (χ0v) is 9.57. The van der Waals surface area contributed by atoms with Crippen molar-refractivity contribution in [2.75, 3.05) is 26.3 Å². The number of carbonyl (C=O) groups is 1. The summed E-state index contributed by atoms with van der Waals surface area (Å²) in [5, 5.41) is 9.41. The number of carboxylic acids is 1. The Hall–Kier alpha value is -0.610. The summed E-state index contributed by atoms with van der Waals surface area (Å²) in [5.41, 5.74) is -0.237. The van der Waals surface area contributed by atoms with Crippen LogP contribution in [0.1, 0.15) is 32.1 Å². The quantitative estimate of drug-likeness (QED) is 0.764. The van der Waals surface area contributed by atoms with Crippen molar-refractivity contribution in [3.05, 3.63) is 0 Å². The summed E-state index contributed by atoms with van der Waals surface area (Å²) in [5.74, 6) is -0.696. The molecule has 1 spiro atoms. The SMILES string of the molecule is O=C(O)C1(N2CC3(CCCC3)C2)CCOC1. The van der Waals surface area contributed by atoms with E-state index < -0.39 is 11.5 Å². The lowest BCUT2D eigenvalue weighted by atomic mass is 9.74. The first-order valence-corrected chi connectivity index (χ1v) is 6.23. The molecule has 2 saturated heterocycles. The highest BCUT2D eigenvalue weighted by atomic mass is 16.5. The van der Waals surface area contributed by atoms with Gasteiger partial charge in [-0.1, -0.05) is 12.8 Å². The lowest BCUT2D eigenvalue weighted by molar-refractivity contribution is -0.163. The molecular formula is C12H19NO3. The monoisotopic (exact) mass is 225 g/mol. The van der Waals surface area contributed by atoms with Gasteiger partial charge < -0.3 is 9.84 Å². The van der Waals surface area contributed by atoms with Crippen molar-refractivity contribution in [1.29, 1.82) is 0 Å². The molecule has 1 saturated carbocycles. The first-order chi connectivity index (χ1) is 7.67. The Balaban J connectivity index is 1.71. The fraction of sp³-hybridized carbons (Fsp3) is 0.917. The van der Waals surface area contributed by atoms with Gasteiger partial charge in [0.2, 0.25) is 0 Å². The molecule has 1 atom stereocenters. The number of nitrogens with zero attached hydrogens (tertiary/aromatic N) is 1. The smallest absolute Gasteiger partial charge is 0.326 e. The van der Waals surface area contributed by atoms with Crippen LogP contribution in [0.15, 0.2) is 0 Å². The van der Waals surface area contributed by atoms with Gasteiger partial charge in [0.05, 0.1) is 6.61 Å². The second-order valence-corrected chi connectivity index (χ2v) is 5.70. The first kappa shape index (κ1) is 10.5. The van der Waals surface area contributed by atoms with E-state index in [9.17, 15) is 9.90 Å². The Morgan fingerprint density at radius 3 is 2.38 bits per heavy atom. The van der Waals surface area contributed by atoms with Crippen molar-refractivity contribution in [1.82, 2.24) is 4.90 Å². The third kappa shape index (κ3) is 1.32. The van der Waals surface area contributed by atoms with E-state index in [0.717, 1.165) is 13.1 Å². The van der Waals surface area contributed by atoms with Gasteiger partial charge in [-0.05, 0) is 18.3 Å². The Morgan fingerprint density at radius 1 is 1.19 bits per heavy atom. The van der Waals surface area contributed by atoms with Crippen LogP contribution in [0.5, 0.6) is 0 Å².